The summed E-state index contributed by atoms with van der Waals surface area (Å²) < 4.78 is 9.51. The third-order valence-corrected chi connectivity index (χ3v) is 9.21. The van der Waals surface area contributed by atoms with E-state index in [0.717, 1.165) is 58.6 Å². The van der Waals surface area contributed by atoms with E-state index in [9.17, 15) is 10.1 Å². The summed E-state index contributed by atoms with van der Waals surface area (Å²) in [6.45, 7) is 4.04. The van der Waals surface area contributed by atoms with Gasteiger partial charge in [-0.2, -0.15) is 15.0 Å². The number of thiophene rings is 1. The summed E-state index contributed by atoms with van der Waals surface area (Å²) in [7, 11) is 0. The van der Waals surface area contributed by atoms with E-state index in [1.54, 1.807) is 41.8 Å². The second-order valence-corrected chi connectivity index (χ2v) is 11.8. The fourth-order valence-electron chi connectivity index (χ4n) is 5.69. The predicted molar refractivity (Wildman–Crippen MR) is 164 cm³/mol. The Balaban J connectivity index is 1.37. The molecule has 9 heteroatoms. The van der Waals surface area contributed by atoms with Gasteiger partial charge in [0.25, 0.3) is 5.56 Å². The highest BCUT2D eigenvalue weighted by Gasteiger charge is 2.24. The van der Waals surface area contributed by atoms with Crippen molar-refractivity contribution in [2.75, 3.05) is 0 Å². The third-order valence-electron chi connectivity index (χ3n) is 7.70. The summed E-state index contributed by atoms with van der Waals surface area (Å²) in [5, 5.41) is 17.5. The quantitative estimate of drug-likeness (QED) is 0.202. The number of aryl methyl sites for hydroxylation is 2. The van der Waals surface area contributed by atoms with Crippen LogP contribution in [0.1, 0.15) is 45.8 Å². The molecule has 4 aromatic heterocycles. The summed E-state index contributed by atoms with van der Waals surface area (Å²) in [5.74, 6) is 0.708. The number of benzene rings is 2. The van der Waals surface area contributed by atoms with Crippen LogP contribution in [0.3, 0.4) is 0 Å². The molecule has 7 rings (SSSR count). The molecule has 7 nitrogen and oxygen atoms in total. The summed E-state index contributed by atoms with van der Waals surface area (Å²) in [6.07, 6.45) is 5.94. The normalized spacial score (nSPS) is 13.3. The monoisotopic (exact) mass is 577 g/mol. The molecule has 0 amide bonds. The van der Waals surface area contributed by atoms with Gasteiger partial charge in [0, 0.05) is 32.2 Å². The standard InChI is InChI=1S/C32H24ClN5O2S/c1-18-13-21(19(2)37(18)32-25(16-34)23-7-4-6-10-29(23)41-32)17-35-38-30(36-26-9-5-3-8-24(26)31(38)39)28-15-20-14-22(33)11-12-27(20)40-28/h3,5,8-9,11-15,17H,4,6-7,10H2,1-2H3. The third kappa shape index (κ3) is 4.21. The van der Waals surface area contributed by atoms with Crippen LogP contribution in [-0.4, -0.2) is 20.4 Å². The van der Waals surface area contributed by atoms with Crippen molar-refractivity contribution in [1.82, 2.24) is 14.2 Å². The van der Waals surface area contributed by atoms with Gasteiger partial charge in [0.15, 0.2) is 5.76 Å². The molecule has 2 aromatic carbocycles. The van der Waals surface area contributed by atoms with E-state index < -0.39 is 0 Å². The summed E-state index contributed by atoms with van der Waals surface area (Å²) in [4.78, 5) is 19.8. The van der Waals surface area contributed by atoms with E-state index in [1.807, 2.05) is 44.2 Å². The Labute approximate surface area is 244 Å². The largest absolute Gasteiger partial charge is 0.453 e. The number of nitrogens with zero attached hydrogens (tertiary/aromatic N) is 5. The van der Waals surface area contributed by atoms with E-state index in [0.29, 0.717) is 33.1 Å². The van der Waals surface area contributed by atoms with Crippen LogP contribution in [0, 0.1) is 25.2 Å². The molecular weight excluding hydrogens is 554 g/mol. The lowest BCUT2D eigenvalue weighted by Crippen LogP contribution is -2.20. The topological polar surface area (TPSA) is 89.1 Å². The van der Waals surface area contributed by atoms with Gasteiger partial charge >= 0.3 is 0 Å². The molecule has 0 unspecified atom stereocenters. The molecule has 0 spiro atoms. The van der Waals surface area contributed by atoms with Gasteiger partial charge in [0.1, 0.15) is 16.7 Å². The van der Waals surface area contributed by atoms with E-state index >= 15 is 0 Å². The average molecular weight is 578 g/mol. The van der Waals surface area contributed by atoms with Crippen molar-refractivity contribution in [1.29, 1.82) is 5.26 Å². The summed E-state index contributed by atoms with van der Waals surface area (Å²) in [6, 6.07) is 18.9. The van der Waals surface area contributed by atoms with Crippen molar-refractivity contribution >= 4 is 51.0 Å². The van der Waals surface area contributed by atoms with Crippen LogP contribution in [0.4, 0.5) is 0 Å². The molecule has 1 aliphatic rings. The Bertz CT molecular complexity index is 2140. The van der Waals surface area contributed by atoms with Gasteiger partial charge in [-0.05, 0) is 87.6 Å². The van der Waals surface area contributed by atoms with E-state index in [-0.39, 0.29) is 5.56 Å². The van der Waals surface area contributed by atoms with Crippen LogP contribution in [0.2, 0.25) is 5.02 Å². The Kier molecular flexibility index (Phi) is 6.15. The molecule has 0 N–H and O–H groups in total. The highest BCUT2D eigenvalue weighted by Crippen LogP contribution is 2.38. The van der Waals surface area contributed by atoms with Gasteiger partial charge < -0.3 is 8.98 Å². The molecule has 0 bridgehead atoms. The van der Waals surface area contributed by atoms with Crippen LogP contribution in [-0.2, 0) is 12.8 Å². The van der Waals surface area contributed by atoms with Crippen LogP contribution in [0.25, 0.3) is 38.5 Å². The van der Waals surface area contributed by atoms with Crippen molar-refractivity contribution in [3.63, 3.8) is 0 Å². The SMILES string of the molecule is Cc1cc(C=Nn2c(-c3cc4cc(Cl)ccc4o3)nc3ccccc3c2=O)c(C)n1-c1sc2c(c1C#N)CCCC2. The fraction of sp³-hybridized carbons (Fsp3) is 0.188. The highest BCUT2D eigenvalue weighted by molar-refractivity contribution is 7.15. The van der Waals surface area contributed by atoms with Crippen molar-refractivity contribution < 1.29 is 4.42 Å². The van der Waals surface area contributed by atoms with Gasteiger partial charge in [-0.15, -0.1) is 11.3 Å². The number of para-hydroxylation sites is 1. The number of rotatable bonds is 4. The molecule has 4 heterocycles. The van der Waals surface area contributed by atoms with Gasteiger partial charge in [-0.1, -0.05) is 23.7 Å². The maximum atomic E-state index is 13.7. The average Bonchev–Trinajstić information content (AvgIpc) is 3.64. The summed E-state index contributed by atoms with van der Waals surface area (Å²) >= 11 is 7.90. The first-order valence-corrected chi connectivity index (χ1v) is 14.6. The second-order valence-electron chi connectivity index (χ2n) is 10.3. The van der Waals surface area contributed by atoms with Gasteiger partial charge in [0.2, 0.25) is 5.82 Å². The predicted octanol–water partition coefficient (Wildman–Crippen LogP) is 7.56. The Morgan fingerprint density at radius 3 is 2.80 bits per heavy atom. The molecule has 0 saturated heterocycles. The first kappa shape index (κ1) is 25.5. The van der Waals surface area contributed by atoms with Crippen molar-refractivity contribution in [3.05, 3.63) is 103 Å². The molecule has 202 valence electrons. The van der Waals surface area contributed by atoms with Crippen molar-refractivity contribution in [2.45, 2.75) is 39.5 Å². The molecule has 0 atom stereocenters. The lowest BCUT2D eigenvalue weighted by molar-refractivity contribution is 0.616. The number of nitriles is 1. The smallest absolute Gasteiger partial charge is 0.282 e. The van der Waals surface area contributed by atoms with Crippen LogP contribution in [0.5, 0.6) is 0 Å². The van der Waals surface area contributed by atoms with Crippen molar-refractivity contribution in [3.8, 4) is 22.7 Å². The number of aromatic nitrogens is 3. The maximum Gasteiger partial charge on any atom is 0.282 e. The van der Waals surface area contributed by atoms with Crippen LogP contribution >= 0.6 is 22.9 Å². The zero-order valence-corrected chi connectivity index (χ0v) is 24.0. The van der Waals surface area contributed by atoms with Crippen LogP contribution in [0.15, 0.2) is 68.9 Å². The minimum Gasteiger partial charge on any atom is -0.453 e. The molecule has 41 heavy (non-hydrogen) atoms. The first-order valence-electron chi connectivity index (χ1n) is 13.4. The minimum absolute atomic E-state index is 0.295. The lowest BCUT2D eigenvalue weighted by atomic mass is 9.96. The number of hydrogen-bond donors (Lipinski definition) is 0. The number of halogens is 1. The summed E-state index contributed by atoms with van der Waals surface area (Å²) in [5.41, 5.74) is 5.66. The molecule has 0 aliphatic heterocycles. The molecule has 0 fully saturated rings. The zero-order valence-electron chi connectivity index (χ0n) is 22.4. The maximum absolute atomic E-state index is 13.7. The highest BCUT2D eigenvalue weighted by atomic mass is 35.5. The Morgan fingerprint density at radius 2 is 1.95 bits per heavy atom. The van der Waals surface area contributed by atoms with E-state index in [4.69, 9.17) is 21.0 Å². The second kappa shape index (κ2) is 9.88. The lowest BCUT2D eigenvalue weighted by Gasteiger charge is -2.10. The van der Waals surface area contributed by atoms with E-state index in [1.165, 1.54) is 15.1 Å². The van der Waals surface area contributed by atoms with Gasteiger partial charge in [0.05, 0.1) is 22.7 Å². The Hall–Kier alpha value is -4.45. The van der Waals surface area contributed by atoms with Crippen molar-refractivity contribution in [2.24, 2.45) is 5.10 Å². The number of hydrogen-bond acceptors (Lipinski definition) is 6. The number of furan rings is 1. The molecular formula is C32H24ClN5O2S. The molecule has 6 aromatic rings. The van der Waals surface area contributed by atoms with Crippen LogP contribution < -0.4 is 5.56 Å². The fourth-order valence-corrected chi connectivity index (χ4v) is 7.32. The van der Waals surface area contributed by atoms with Gasteiger partial charge in [-0.25, -0.2) is 4.98 Å². The first-order chi connectivity index (χ1) is 19.9. The zero-order chi connectivity index (χ0) is 28.2. The minimum atomic E-state index is -0.299. The number of fused-ring (bicyclic) bond motifs is 3. The molecule has 0 saturated carbocycles. The molecule has 0 radical (unpaired) electrons. The van der Waals surface area contributed by atoms with Gasteiger partial charge in [-0.3, -0.25) is 4.79 Å². The van der Waals surface area contributed by atoms with E-state index in [2.05, 4.69) is 15.7 Å². The molecule has 1 aliphatic carbocycles. The Morgan fingerprint density at radius 1 is 1.12 bits per heavy atom.